The normalized spacial score (nSPS) is 9.79. The van der Waals surface area contributed by atoms with Crippen LogP contribution in [0.3, 0.4) is 0 Å². The van der Waals surface area contributed by atoms with Gasteiger partial charge in [-0.15, -0.1) is 0 Å². The summed E-state index contributed by atoms with van der Waals surface area (Å²) in [4.78, 5) is 11.5. The Bertz CT molecular complexity index is 466. The first-order chi connectivity index (χ1) is 9.08. The molecule has 102 valence electrons. The number of unbranched alkanes of at least 4 members (excludes halogenated alkanes) is 1. The second kappa shape index (κ2) is 7.42. The predicted molar refractivity (Wildman–Crippen MR) is 74.0 cm³/mol. The first-order valence-corrected chi connectivity index (χ1v) is 6.49. The Hall–Kier alpha value is -2.02. The van der Waals surface area contributed by atoms with E-state index in [1.54, 1.807) is 12.1 Å². The standard InChI is InChI=1S/C15H20N2O2/c1-4-5-6-17-14(18)10-19-15-11(2)7-13(9-16)8-12(15)3/h7-8H,4-6,10H2,1-3H3,(H,17,18). The summed E-state index contributed by atoms with van der Waals surface area (Å²) < 4.78 is 5.54. The first kappa shape index (κ1) is 15.0. The van der Waals surface area contributed by atoms with Gasteiger partial charge in [-0.1, -0.05) is 13.3 Å². The lowest BCUT2D eigenvalue weighted by atomic mass is 10.1. The van der Waals surface area contributed by atoms with Crippen LogP contribution in [0.4, 0.5) is 0 Å². The van der Waals surface area contributed by atoms with E-state index in [4.69, 9.17) is 10.00 Å². The number of nitrogens with zero attached hydrogens (tertiary/aromatic N) is 1. The number of hydrogen-bond acceptors (Lipinski definition) is 3. The van der Waals surface area contributed by atoms with Crippen molar-refractivity contribution in [3.63, 3.8) is 0 Å². The lowest BCUT2D eigenvalue weighted by Crippen LogP contribution is -2.29. The number of carbonyl (C=O) groups is 1. The molecule has 1 N–H and O–H groups in total. The summed E-state index contributed by atoms with van der Waals surface area (Å²) in [5.41, 5.74) is 2.35. The highest BCUT2D eigenvalue weighted by Gasteiger charge is 2.08. The van der Waals surface area contributed by atoms with Crippen molar-refractivity contribution in [1.82, 2.24) is 5.32 Å². The maximum absolute atomic E-state index is 11.5. The Labute approximate surface area is 114 Å². The van der Waals surface area contributed by atoms with Gasteiger partial charge in [-0.2, -0.15) is 5.26 Å². The van der Waals surface area contributed by atoms with E-state index in [1.165, 1.54) is 0 Å². The van der Waals surface area contributed by atoms with Gasteiger partial charge < -0.3 is 10.1 Å². The van der Waals surface area contributed by atoms with E-state index >= 15 is 0 Å². The van der Waals surface area contributed by atoms with Gasteiger partial charge in [0.15, 0.2) is 6.61 Å². The number of amides is 1. The van der Waals surface area contributed by atoms with E-state index in [2.05, 4.69) is 18.3 Å². The van der Waals surface area contributed by atoms with Gasteiger partial charge in [0.05, 0.1) is 11.6 Å². The van der Waals surface area contributed by atoms with Gasteiger partial charge in [-0.25, -0.2) is 0 Å². The number of benzene rings is 1. The van der Waals surface area contributed by atoms with Crippen LogP contribution >= 0.6 is 0 Å². The first-order valence-electron chi connectivity index (χ1n) is 6.49. The molecular formula is C15H20N2O2. The van der Waals surface area contributed by atoms with Crippen LogP contribution in [0.5, 0.6) is 5.75 Å². The number of nitriles is 1. The predicted octanol–water partition coefficient (Wildman–Crippen LogP) is 2.47. The second-order valence-corrected chi connectivity index (χ2v) is 4.54. The van der Waals surface area contributed by atoms with E-state index < -0.39 is 0 Å². The highest BCUT2D eigenvalue weighted by Crippen LogP contribution is 2.24. The Morgan fingerprint density at radius 2 is 2.00 bits per heavy atom. The molecule has 19 heavy (non-hydrogen) atoms. The minimum absolute atomic E-state index is 0.0112. The summed E-state index contributed by atoms with van der Waals surface area (Å²) in [6, 6.07) is 5.62. The molecule has 0 unspecified atom stereocenters. The highest BCUT2D eigenvalue weighted by atomic mass is 16.5. The Morgan fingerprint density at radius 3 is 2.53 bits per heavy atom. The molecule has 0 atom stereocenters. The van der Waals surface area contributed by atoms with Crippen molar-refractivity contribution in [3.8, 4) is 11.8 Å². The third-order valence-electron chi connectivity index (χ3n) is 2.79. The summed E-state index contributed by atoms with van der Waals surface area (Å²) in [5.74, 6) is 0.571. The highest BCUT2D eigenvalue weighted by molar-refractivity contribution is 5.77. The Kier molecular flexibility index (Phi) is 5.87. The van der Waals surface area contributed by atoms with E-state index in [1.807, 2.05) is 13.8 Å². The summed E-state index contributed by atoms with van der Waals surface area (Å²) in [7, 11) is 0. The average molecular weight is 260 g/mol. The number of hydrogen-bond donors (Lipinski definition) is 1. The van der Waals surface area contributed by atoms with Crippen molar-refractivity contribution in [2.45, 2.75) is 33.6 Å². The van der Waals surface area contributed by atoms with Crippen molar-refractivity contribution < 1.29 is 9.53 Å². The molecule has 0 saturated heterocycles. The largest absolute Gasteiger partial charge is 0.483 e. The quantitative estimate of drug-likeness (QED) is 0.799. The SMILES string of the molecule is CCCCNC(=O)COc1c(C)cc(C#N)cc1C. The summed E-state index contributed by atoms with van der Waals surface area (Å²) in [5, 5.41) is 11.7. The monoisotopic (exact) mass is 260 g/mol. The molecule has 1 amide bonds. The van der Waals surface area contributed by atoms with Crippen LogP contribution in [0.1, 0.15) is 36.5 Å². The molecule has 0 aliphatic heterocycles. The third-order valence-corrected chi connectivity index (χ3v) is 2.79. The molecule has 0 saturated carbocycles. The maximum Gasteiger partial charge on any atom is 0.257 e. The Balaban J connectivity index is 2.59. The van der Waals surface area contributed by atoms with E-state index in [9.17, 15) is 4.79 Å². The van der Waals surface area contributed by atoms with E-state index in [-0.39, 0.29) is 12.5 Å². The van der Waals surface area contributed by atoms with Gasteiger partial charge in [0.2, 0.25) is 0 Å². The fraction of sp³-hybridized carbons (Fsp3) is 0.467. The summed E-state index contributed by atoms with van der Waals surface area (Å²) in [6.45, 7) is 6.52. The van der Waals surface area contributed by atoms with Crippen molar-refractivity contribution in [2.75, 3.05) is 13.2 Å². The van der Waals surface area contributed by atoms with Crippen LogP contribution in [0.2, 0.25) is 0 Å². The van der Waals surface area contributed by atoms with Gasteiger partial charge in [0, 0.05) is 6.54 Å². The van der Waals surface area contributed by atoms with E-state index in [0.29, 0.717) is 17.9 Å². The molecule has 0 aliphatic rings. The molecule has 0 fully saturated rings. The minimum atomic E-state index is -0.114. The fourth-order valence-electron chi connectivity index (χ4n) is 1.84. The van der Waals surface area contributed by atoms with E-state index in [0.717, 1.165) is 24.0 Å². The molecule has 0 heterocycles. The molecule has 0 spiro atoms. The Morgan fingerprint density at radius 1 is 1.37 bits per heavy atom. The van der Waals surface area contributed by atoms with Crippen molar-refractivity contribution >= 4 is 5.91 Å². The minimum Gasteiger partial charge on any atom is -0.483 e. The van der Waals surface area contributed by atoms with Crippen molar-refractivity contribution in [3.05, 3.63) is 28.8 Å². The molecule has 0 aromatic heterocycles. The van der Waals surface area contributed by atoms with Crippen LogP contribution in [0.25, 0.3) is 0 Å². The number of ether oxygens (including phenoxy) is 1. The lowest BCUT2D eigenvalue weighted by Gasteiger charge is -2.12. The van der Waals surface area contributed by atoms with Crippen LogP contribution in [0, 0.1) is 25.2 Å². The molecule has 0 bridgehead atoms. The van der Waals surface area contributed by atoms with Gasteiger partial charge in [-0.05, 0) is 43.5 Å². The molecule has 1 aromatic carbocycles. The molecular weight excluding hydrogens is 240 g/mol. The van der Waals surface area contributed by atoms with Gasteiger partial charge in [-0.3, -0.25) is 4.79 Å². The van der Waals surface area contributed by atoms with Crippen molar-refractivity contribution in [1.29, 1.82) is 5.26 Å². The number of aryl methyl sites for hydroxylation is 2. The van der Waals surface area contributed by atoms with Crippen LogP contribution in [-0.4, -0.2) is 19.1 Å². The van der Waals surface area contributed by atoms with Gasteiger partial charge in [0.1, 0.15) is 5.75 Å². The molecule has 1 aromatic rings. The van der Waals surface area contributed by atoms with Crippen molar-refractivity contribution in [2.24, 2.45) is 0 Å². The number of rotatable bonds is 6. The summed E-state index contributed by atoms with van der Waals surface area (Å²) in [6.07, 6.45) is 2.02. The zero-order valence-electron chi connectivity index (χ0n) is 11.7. The summed E-state index contributed by atoms with van der Waals surface area (Å²) >= 11 is 0. The molecule has 0 aliphatic carbocycles. The zero-order valence-corrected chi connectivity index (χ0v) is 11.7. The lowest BCUT2D eigenvalue weighted by molar-refractivity contribution is -0.123. The smallest absolute Gasteiger partial charge is 0.257 e. The molecule has 4 heteroatoms. The fourth-order valence-corrected chi connectivity index (χ4v) is 1.84. The zero-order chi connectivity index (χ0) is 14.3. The number of nitrogens with one attached hydrogen (secondary N) is 1. The second-order valence-electron chi connectivity index (χ2n) is 4.54. The molecule has 0 radical (unpaired) electrons. The van der Waals surface area contributed by atoms with Crippen LogP contribution < -0.4 is 10.1 Å². The molecule has 4 nitrogen and oxygen atoms in total. The number of carbonyl (C=O) groups excluding carboxylic acids is 1. The molecule has 1 rings (SSSR count). The average Bonchev–Trinajstić information content (AvgIpc) is 2.37. The maximum atomic E-state index is 11.5. The van der Waals surface area contributed by atoms with Crippen LogP contribution in [-0.2, 0) is 4.79 Å². The van der Waals surface area contributed by atoms with Gasteiger partial charge in [0.25, 0.3) is 5.91 Å². The van der Waals surface area contributed by atoms with Crippen LogP contribution in [0.15, 0.2) is 12.1 Å². The topological polar surface area (TPSA) is 62.1 Å². The van der Waals surface area contributed by atoms with Gasteiger partial charge >= 0.3 is 0 Å². The third kappa shape index (κ3) is 4.63.